The van der Waals surface area contributed by atoms with Gasteiger partial charge < -0.3 is 5.32 Å². The molecule has 0 fully saturated rings. The summed E-state index contributed by atoms with van der Waals surface area (Å²) in [6.45, 7) is 6.65. The van der Waals surface area contributed by atoms with Crippen molar-refractivity contribution in [2.75, 3.05) is 0 Å². The highest BCUT2D eigenvalue weighted by Crippen LogP contribution is 2.24. The van der Waals surface area contributed by atoms with Crippen LogP contribution in [0.15, 0.2) is 48.9 Å². The molecule has 1 N–H and O–H groups in total. The minimum absolute atomic E-state index is 0.188. The second kappa shape index (κ2) is 7.15. The molecular weight excluding hydrogens is 246 g/mol. The Balaban J connectivity index is 2.12. The summed E-state index contributed by atoms with van der Waals surface area (Å²) in [5, 5.41) is 3.68. The summed E-state index contributed by atoms with van der Waals surface area (Å²) in [4.78, 5) is 8.52. The van der Waals surface area contributed by atoms with Gasteiger partial charge in [-0.3, -0.25) is 9.97 Å². The summed E-state index contributed by atoms with van der Waals surface area (Å²) in [6, 6.07) is 11.1. The Kier molecular flexibility index (Phi) is 5.24. The van der Waals surface area contributed by atoms with Crippen molar-refractivity contribution < 1.29 is 0 Å². The fourth-order valence-electron chi connectivity index (χ4n) is 2.38. The molecule has 2 rings (SSSR count). The number of nitrogens with zero attached hydrogens (tertiary/aromatic N) is 2. The van der Waals surface area contributed by atoms with Crippen LogP contribution in [0.5, 0.6) is 0 Å². The molecule has 1 heterocycles. The van der Waals surface area contributed by atoms with Gasteiger partial charge in [0.1, 0.15) is 0 Å². The van der Waals surface area contributed by atoms with Crippen LogP contribution < -0.4 is 5.32 Å². The Hall–Kier alpha value is -1.74. The maximum atomic E-state index is 4.38. The van der Waals surface area contributed by atoms with Gasteiger partial charge >= 0.3 is 0 Å². The van der Waals surface area contributed by atoms with E-state index in [1.165, 1.54) is 5.56 Å². The molecule has 2 aromatic rings. The van der Waals surface area contributed by atoms with E-state index in [1.54, 1.807) is 12.4 Å². The molecule has 1 aromatic heterocycles. The van der Waals surface area contributed by atoms with Crippen molar-refractivity contribution in [2.24, 2.45) is 5.92 Å². The molecule has 0 aliphatic heterocycles. The summed E-state index contributed by atoms with van der Waals surface area (Å²) < 4.78 is 0. The lowest BCUT2D eigenvalue weighted by atomic mass is 9.96. The predicted octanol–water partition coefficient (Wildman–Crippen LogP) is 3.91. The highest BCUT2D eigenvalue weighted by atomic mass is 15.0. The maximum Gasteiger partial charge on any atom is 0.0753 e. The molecular formula is C17H23N3. The molecule has 3 heteroatoms. The first-order valence-electron chi connectivity index (χ1n) is 7.23. The molecule has 2 unspecified atom stereocenters. The lowest BCUT2D eigenvalue weighted by Gasteiger charge is -2.25. The lowest BCUT2D eigenvalue weighted by molar-refractivity contribution is 0.390. The number of aromatic nitrogens is 2. The third kappa shape index (κ3) is 4.14. The Morgan fingerprint density at radius 3 is 2.40 bits per heavy atom. The van der Waals surface area contributed by atoms with E-state index >= 15 is 0 Å². The SMILES string of the molecule is CC(C)CC(NC(C)c1cnccn1)c1ccccc1. The average molecular weight is 269 g/mol. The van der Waals surface area contributed by atoms with Gasteiger partial charge in [-0.2, -0.15) is 0 Å². The van der Waals surface area contributed by atoms with E-state index in [4.69, 9.17) is 0 Å². The van der Waals surface area contributed by atoms with Gasteiger partial charge in [0.15, 0.2) is 0 Å². The van der Waals surface area contributed by atoms with E-state index in [9.17, 15) is 0 Å². The molecule has 0 radical (unpaired) electrons. The zero-order valence-electron chi connectivity index (χ0n) is 12.5. The van der Waals surface area contributed by atoms with Crippen LogP contribution in [-0.4, -0.2) is 9.97 Å². The number of rotatable bonds is 6. The quantitative estimate of drug-likeness (QED) is 0.864. The average Bonchev–Trinajstić information content (AvgIpc) is 2.48. The summed E-state index contributed by atoms with van der Waals surface area (Å²) in [5.41, 5.74) is 2.31. The number of nitrogens with one attached hydrogen (secondary N) is 1. The predicted molar refractivity (Wildman–Crippen MR) is 82.2 cm³/mol. The largest absolute Gasteiger partial charge is 0.302 e. The third-order valence-electron chi connectivity index (χ3n) is 3.39. The maximum absolute atomic E-state index is 4.38. The first-order chi connectivity index (χ1) is 9.66. The molecule has 2 atom stereocenters. The van der Waals surface area contributed by atoms with Crippen molar-refractivity contribution in [3.05, 3.63) is 60.2 Å². The number of hydrogen-bond acceptors (Lipinski definition) is 3. The molecule has 106 valence electrons. The molecule has 20 heavy (non-hydrogen) atoms. The summed E-state index contributed by atoms with van der Waals surface area (Å²) >= 11 is 0. The van der Waals surface area contributed by atoms with Crippen molar-refractivity contribution in [1.82, 2.24) is 15.3 Å². The van der Waals surface area contributed by atoms with Crippen LogP contribution in [0.4, 0.5) is 0 Å². The Labute approximate surface area is 121 Å². The van der Waals surface area contributed by atoms with E-state index in [2.05, 4.69) is 66.4 Å². The molecule has 0 saturated carbocycles. The summed E-state index contributed by atoms with van der Waals surface area (Å²) in [6.07, 6.45) is 6.39. The highest BCUT2D eigenvalue weighted by Gasteiger charge is 2.17. The van der Waals surface area contributed by atoms with E-state index in [0.29, 0.717) is 12.0 Å². The minimum atomic E-state index is 0.188. The zero-order chi connectivity index (χ0) is 14.4. The van der Waals surface area contributed by atoms with Gasteiger partial charge in [-0.05, 0) is 24.8 Å². The molecule has 1 aromatic carbocycles. The molecule has 0 bridgehead atoms. The molecule has 0 aliphatic rings. The summed E-state index contributed by atoms with van der Waals surface area (Å²) in [5.74, 6) is 0.641. The molecule has 0 amide bonds. The highest BCUT2D eigenvalue weighted by molar-refractivity contribution is 5.19. The van der Waals surface area contributed by atoms with E-state index in [-0.39, 0.29) is 6.04 Å². The van der Waals surface area contributed by atoms with Crippen LogP contribution in [0.3, 0.4) is 0 Å². The van der Waals surface area contributed by atoms with E-state index in [0.717, 1.165) is 12.1 Å². The smallest absolute Gasteiger partial charge is 0.0753 e. The van der Waals surface area contributed by atoms with Gasteiger partial charge in [0.25, 0.3) is 0 Å². The van der Waals surface area contributed by atoms with E-state index in [1.807, 2.05) is 6.20 Å². The van der Waals surface area contributed by atoms with Crippen LogP contribution in [0.25, 0.3) is 0 Å². The normalized spacial score (nSPS) is 14.2. The Bertz CT molecular complexity index is 496. The molecule has 3 nitrogen and oxygen atoms in total. The van der Waals surface area contributed by atoms with Gasteiger partial charge in [0, 0.05) is 30.7 Å². The second-order valence-corrected chi connectivity index (χ2v) is 5.61. The standard InChI is InChI=1S/C17H23N3/c1-13(2)11-16(15-7-5-4-6-8-15)20-14(3)17-12-18-9-10-19-17/h4-10,12-14,16,20H,11H2,1-3H3. The van der Waals surface area contributed by atoms with Crippen LogP contribution in [0.2, 0.25) is 0 Å². The third-order valence-corrected chi connectivity index (χ3v) is 3.39. The fourth-order valence-corrected chi connectivity index (χ4v) is 2.38. The van der Waals surface area contributed by atoms with Crippen LogP contribution >= 0.6 is 0 Å². The van der Waals surface area contributed by atoms with E-state index < -0.39 is 0 Å². The van der Waals surface area contributed by atoms with Gasteiger partial charge in [-0.15, -0.1) is 0 Å². The summed E-state index contributed by atoms with van der Waals surface area (Å²) in [7, 11) is 0. The van der Waals surface area contributed by atoms with Crippen LogP contribution in [-0.2, 0) is 0 Å². The topological polar surface area (TPSA) is 37.8 Å². The van der Waals surface area contributed by atoms with Gasteiger partial charge in [0.05, 0.1) is 5.69 Å². The van der Waals surface area contributed by atoms with Crippen LogP contribution in [0, 0.1) is 5.92 Å². The number of hydrogen-bond donors (Lipinski definition) is 1. The molecule has 0 saturated heterocycles. The fraction of sp³-hybridized carbons (Fsp3) is 0.412. The van der Waals surface area contributed by atoms with Crippen molar-refractivity contribution in [1.29, 1.82) is 0 Å². The monoisotopic (exact) mass is 269 g/mol. The second-order valence-electron chi connectivity index (χ2n) is 5.61. The van der Waals surface area contributed by atoms with Crippen molar-refractivity contribution >= 4 is 0 Å². The van der Waals surface area contributed by atoms with Gasteiger partial charge in [-0.1, -0.05) is 44.2 Å². The first kappa shape index (κ1) is 14.7. The van der Waals surface area contributed by atoms with Crippen molar-refractivity contribution in [3.63, 3.8) is 0 Å². The van der Waals surface area contributed by atoms with Gasteiger partial charge in [-0.25, -0.2) is 0 Å². The molecule has 0 spiro atoms. The minimum Gasteiger partial charge on any atom is -0.302 e. The first-order valence-corrected chi connectivity index (χ1v) is 7.23. The van der Waals surface area contributed by atoms with Crippen molar-refractivity contribution in [3.8, 4) is 0 Å². The Morgan fingerprint density at radius 1 is 1.05 bits per heavy atom. The van der Waals surface area contributed by atoms with Crippen LogP contribution in [0.1, 0.15) is 50.5 Å². The number of benzene rings is 1. The van der Waals surface area contributed by atoms with Gasteiger partial charge in [0.2, 0.25) is 0 Å². The molecule has 0 aliphatic carbocycles. The lowest BCUT2D eigenvalue weighted by Crippen LogP contribution is -2.26. The zero-order valence-corrected chi connectivity index (χ0v) is 12.5. The van der Waals surface area contributed by atoms with Crippen molar-refractivity contribution in [2.45, 2.75) is 39.3 Å². The Morgan fingerprint density at radius 2 is 1.80 bits per heavy atom.